The predicted octanol–water partition coefficient (Wildman–Crippen LogP) is 4.11. The number of likely N-dealkylation sites (tertiary alicyclic amines) is 1. The molecule has 0 aliphatic carbocycles. The summed E-state index contributed by atoms with van der Waals surface area (Å²) in [6.07, 6.45) is 2.36. The average Bonchev–Trinajstić information content (AvgIpc) is 3.28. The molecule has 1 saturated heterocycles. The molecule has 1 aromatic heterocycles. The van der Waals surface area contributed by atoms with Crippen molar-refractivity contribution in [3.63, 3.8) is 0 Å². The van der Waals surface area contributed by atoms with E-state index >= 15 is 0 Å². The monoisotopic (exact) mass is 364 g/mol. The maximum Gasteiger partial charge on any atom is 0.340 e. The van der Waals surface area contributed by atoms with Gasteiger partial charge in [0, 0.05) is 17.6 Å². The van der Waals surface area contributed by atoms with Gasteiger partial charge in [-0.05, 0) is 63.2 Å². The Morgan fingerprint density at radius 2 is 1.85 bits per heavy atom. The summed E-state index contributed by atoms with van der Waals surface area (Å²) in [5.74, 6) is -0.192. The zero-order chi connectivity index (χ0) is 18.8. The van der Waals surface area contributed by atoms with Gasteiger partial charge in [-0.15, -0.1) is 0 Å². The first-order valence-electron chi connectivity index (χ1n) is 9.50. The van der Waals surface area contributed by atoms with Crippen molar-refractivity contribution in [2.75, 3.05) is 19.7 Å². The maximum absolute atomic E-state index is 12.9. The average molecular weight is 364 g/mol. The van der Waals surface area contributed by atoms with Crippen LogP contribution in [-0.4, -0.2) is 40.2 Å². The van der Waals surface area contributed by atoms with Gasteiger partial charge in [-0.3, -0.25) is 4.90 Å². The van der Waals surface area contributed by atoms with Crippen molar-refractivity contribution in [3.8, 4) is 11.4 Å². The molecule has 1 aliphatic rings. The Kier molecular flexibility index (Phi) is 4.86. The number of rotatable bonds is 5. The Labute approximate surface area is 158 Å². The van der Waals surface area contributed by atoms with Crippen molar-refractivity contribution < 1.29 is 14.6 Å². The number of fused-ring (bicyclic) bond motifs is 1. The molecule has 4 rings (SSSR count). The van der Waals surface area contributed by atoms with Crippen molar-refractivity contribution in [2.45, 2.75) is 26.3 Å². The van der Waals surface area contributed by atoms with Crippen LogP contribution in [0.4, 0.5) is 0 Å². The first kappa shape index (κ1) is 17.6. The largest absolute Gasteiger partial charge is 0.508 e. The number of hydrogen-bond donors (Lipinski definition) is 1. The Morgan fingerprint density at radius 1 is 1.11 bits per heavy atom. The van der Waals surface area contributed by atoms with Gasteiger partial charge in [0.2, 0.25) is 0 Å². The van der Waals surface area contributed by atoms with Crippen LogP contribution in [0.3, 0.4) is 0 Å². The lowest BCUT2D eigenvalue weighted by molar-refractivity contribution is 0.0526. The number of phenols is 1. The van der Waals surface area contributed by atoms with E-state index in [4.69, 9.17) is 4.74 Å². The lowest BCUT2D eigenvalue weighted by Crippen LogP contribution is -2.22. The summed E-state index contributed by atoms with van der Waals surface area (Å²) in [5, 5.41) is 10.8. The van der Waals surface area contributed by atoms with E-state index in [-0.39, 0.29) is 11.7 Å². The molecule has 0 saturated carbocycles. The molecule has 2 heterocycles. The molecule has 5 heteroatoms. The molecule has 2 aromatic carbocycles. The minimum absolute atomic E-state index is 0.144. The molecule has 0 spiro atoms. The fourth-order valence-corrected chi connectivity index (χ4v) is 3.94. The van der Waals surface area contributed by atoms with Crippen LogP contribution in [0.25, 0.3) is 16.6 Å². The van der Waals surface area contributed by atoms with Crippen LogP contribution < -0.4 is 0 Å². The lowest BCUT2D eigenvalue weighted by atomic mass is 10.1. The van der Waals surface area contributed by atoms with Gasteiger partial charge >= 0.3 is 5.97 Å². The standard InChI is InChI=1S/C22H24N2O3/c1-2-27-22(26)21-18-14-17(25)10-11-19(18)24(16-8-4-3-5-9-16)20(21)15-23-12-6-7-13-23/h3-5,8-11,14,25H,2,6-7,12-13,15H2,1H3. The van der Waals surface area contributed by atoms with E-state index in [9.17, 15) is 9.90 Å². The highest BCUT2D eigenvalue weighted by Crippen LogP contribution is 2.34. The van der Waals surface area contributed by atoms with E-state index in [2.05, 4.69) is 9.47 Å². The summed E-state index contributed by atoms with van der Waals surface area (Å²) in [7, 11) is 0. The van der Waals surface area contributed by atoms with E-state index in [0.717, 1.165) is 35.4 Å². The molecule has 1 N–H and O–H groups in total. The number of ether oxygens (including phenoxy) is 1. The Morgan fingerprint density at radius 3 is 2.56 bits per heavy atom. The number of para-hydroxylation sites is 1. The zero-order valence-electron chi connectivity index (χ0n) is 15.5. The summed E-state index contributed by atoms with van der Waals surface area (Å²) in [6.45, 7) is 4.87. The molecular weight excluding hydrogens is 340 g/mol. The van der Waals surface area contributed by atoms with Gasteiger partial charge in [0.25, 0.3) is 0 Å². The van der Waals surface area contributed by atoms with Gasteiger partial charge in [0.1, 0.15) is 5.75 Å². The number of esters is 1. The van der Waals surface area contributed by atoms with Crippen LogP contribution >= 0.6 is 0 Å². The second-order valence-electron chi connectivity index (χ2n) is 6.90. The summed E-state index contributed by atoms with van der Waals surface area (Å²) in [5.41, 5.74) is 3.37. The maximum atomic E-state index is 12.9. The fourth-order valence-electron chi connectivity index (χ4n) is 3.94. The second kappa shape index (κ2) is 7.45. The van der Waals surface area contributed by atoms with Gasteiger partial charge in [-0.25, -0.2) is 4.79 Å². The number of benzene rings is 2. The van der Waals surface area contributed by atoms with Crippen LogP contribution in [0.15, 0.2) is 48.5 Å². The topological polar surface area (TPSA) is 54.7 Å². The normalized spacial score (nSPS) is 14.7. The highest BCUT2D eigenvalue weighted by molar-refractivity contribution is 6.07. The zero-order valence-corrected chi connectivity index (χ0v) is 15.5. The number of carbonyl (C=O) groups is 1. The minimum atomic E-state index is -0.336. The molecule has 27 heavy (non-hydrogen) atoms. The van der Waals surface area contributed by atoms with Gasteiger partial charge in [-0.2, -0.15) is 0 Å². The van der Waals surface area contributed by atoms with Gasteiger partial charge in [0.05, 0.1) is 23.4 Å². The number of aromatic hydroxyl groups is 1. The smallest absolute Gasteiger partial charge is 0.340 e. The summed E-state index contributed by atoms with van der Waals surface area (Å²) in [4.78, 5) is 15.2. The molecule has 1 aliphatic heterocycles. The highest BCUT2D eigenvalue weighted by atomic mass is 16.5. The lowest BCUT2D eigenvalue weighted by Gasteiger charge is -2.18. The third-order valence-corrected chi connectivity index (χ3v) is 5.11. The molecule has 1 fully saturated rings. The second-order valence-corrected chi connectivity index (χ2v) is 6.90. The van der Waals surface area contributed by atoms with E-state index in [1.807, 2.05) is 43.3 Å². The van der Waals surface area contributed by atoms with Crippen molar-refractivity contribution in [2.24, 2.45) is 0 Å². The first-order chi connectivity index (χ1) is 13.2. The van der Waals surface area contributed by atoms with Gasteiger partial charge in [-0.1, -0.05) is 18.2 Å². The van der Waals surface area contributed by atoms with Gasteiger partial charge in [0.15, 0.2) is 0 Å². The number of aromatic nitrogens is 1. The van der Waals surface area contributed by atoms with E-state index in [1.165, 1.54) is 12.8 Å². The third-order valence-electron chi connectivity index (χ3n) is 5.11. The molecule has 0 radical (unpaired) electrons. The molecule has 0 amide bonds. The summed E-state index contributed by atoms with van der Waals surface area (Å²) < 4.78 is 7.50. The van der Waals surface area contributed by atoms with Crippen LogP contribution in [0.1, 0.15) is 35.8 Å². The Balaban J connectivity index is 1.98. The summed E-state index contributed by atoms with van der Waals surface area (Å²) in [6, 6.07) is 15.2. The van der Waals surface area contributed by atoms with Crippen LogP contribution in [0, 0.1) is 0 Å². The van der Waals surface area contributed by atoms with Crippen molar-refractivity contribution in [3.05, 3.63) is 59.8 Å². The fraction of sp³-hybridized carbons (Fsp3) is 0.318. The first-order valence-corrected chi connectivity index (χ1v) is 9.50. The van der Waals surface area contributed by atoms with E-state index in [0.29, 0.717) is 18.7 Å². The SMILES string of the molecule is CCOC(=O)c1c(CN2CCCC2)n(-c2ccccc2)c2ccc(O)cc12. The van der Waals surface area contributed by atoms with E-state index < -0.39 is 0 Å². The molecule has 0 bridgehead atoms. The highest BCUT2D eigenvalue weighted by Gasteiger charge is 2.26. The summed E-state index contributed by atoms with van der Waals surface area (Å²) >= 11 is 0. The van der Waals surface area contributed by atoms with Crippen molar-refractivity contribution >= 4 is 16.9 Å². The molecule has 3 aromatic rings. The molecule has 0 atom stereocenters. The molecular formula is C22H24N2O3. The Hall–Kier alpha value is -2.79. The molecule has 5 nitrogen and oxygen atoms in total. The predicted molar refractivity (Wildman–Crippen MR) is 105 cm³/mol. The Bertz CT molecular complexity index is 957. The number of carbonyl (C=O) groups excluding carboxylic acids is 1. The molecule has 140 valence electrons. The van der Waals surface area contributed by atoms with E-state index in [1.54, 1.807) is 12.1 Å². The minimum Gasteiger partial charge on any atom is -0.508 e. The molecule has 0 unspecified atom stereocenters. The number of phenolic OH excluding ortho intramolecular Hbond substituents is 1. The van der Waals surface area contributed by atoms with Crippen LogP contribution in [0.2, 0.25) is 0 Å². The van der Waals surface area contributed by atoms with Crippen molar-refractivity contribution in [1.29, 1.82) is 0 Å². The van der Waals surface area contributed by atoms with Crippen molar-refractivity contribution in [1.82, 2.24) is 9.47 Å². The number of hydrogen-bond acceptors (Lipinski definition) is 4. The number of nitrogens with zero attached hydrogens (tertiary/aromatic N) is 2. The van der Waals surface area contributed by atoms with Gasteiger partial charge < -0.3 is 14.4 Å². The van der Waals surface area contributed by atoms with Crippen LogP contribution in [-0.2, 0) is 11.3 Å². The van der Waals surface area contributed by atoms with Crippen LogP contribution in [0.5, 0.6) is 5.75 Å². The quantitative estimate of drug-likeness (QED) is 0.692. The third kappa shape index (κ3) is 3.30.